The van der Waals surface area contributed by atoms with Crippen molar-refractivity contribution in [3.63, 3.8) is 0 Å². The number of carbonyl (C=O) groups is 2. The van der Waals surface area contributed by atoms with Crippen molar-refractivity contribution < 1.29 is 19.8 Å². The van der Waals surface area contributed by atoms with Gasteiger partial charge in [0.05, 0.1) is 11.5 Å². The van der Waals surface area contributed by atoms with E-state index in [9.17, 15) is 9.59 Å². The second kappa shape index (κ2) is 29.3. The fourth-order valence-electron chi connectivity index (χ4n) is 0.588. The van der Waals surface area contributed by atoms with E-state index in [-0.39, 0.29) is 47.0 Å². The number of ketones is 2. The van der Waals surface area contributed by atoms with E-state index < -0.39 is 0 Å². The van der Waals surface area contributed by atoms with E-state index in [2.05, 4.69) is 27.7 Å². The molecule has 0 rings (SSSR count). The second-order valence-corrected chi connectivity index (χ2v) is 4.79. The van der Waals surface area contributed by atoms with Crippen molar-refractivity contribution in [2.24, 2.45) is 0 Å². The minimum atomic E-state index is -0.125. The van der Waals surface area contributed by atoms with Crippen LogP contribution in [0.5, 0.6) is 0 Å². The molecule has 136 valence electrons. The van der Waals surface area contributed by atoms with Crippen LogP contribution in [0.2, 0.25) is 0 Å². The summed E-state index contributed by atoms with van der Waals surface area (Å²) in [5.74, 6) is -0.125. The molecular formula is C18H36O4Sn. The maximum atomic E-state index is 10.0. The minimum absolute atomic E-state index is 0. The predicted octanol–water partition coefficient (Wildman–Crippen LogP) is 5.31. The molecule has 0 saturated carbocycles. The molecule has 0 unspecified atom stereocenters. The molecule has 0 aliphatic carbocycles. The van der Waals surface area contributed by atoms with Gasteiger partial charge in [0.2, 0.25) is 0 Å². The summed E-state index contributed by atoms with van der Waals surface area (Å²) in [6.45, 7) is 14.4. The molecule has 4 nitrogen and oxygen atoms in total. The number of aliphatic hydroxyl groups is 2. The summed E-state index contributed by atoms with van der Waals surface area (Å²) >= 11 is 0. The molecule has 0 aliphatic heterocycles. The van der Waals surface area contributed by atoms with Crippen LogP contribution in [0, 0.1) is 0 Å². The summed E-state index contributed by atoms with van der Waals surface area (Å²) in [7, 11) is 0. The molecule has 0 aliphatic rings. The van der Waals surface area contributed by atoms with E-state index in [0.29, 0.717) is 0 Å². The Hall–Kier alpha value is -0.781. The van der Waals surface area contributed by atoms with Gasteiger partial charge in [-0.1, -0.05) is 53.4 Å². The van der Waals surface area contributed by atoms with Gasteiger partial charge in [0, 0.05) is 36.1 Å². The predicted molar refractivity (Wildman–Crippen MR) is 101 cm³/mol. The quantitative estimate of drug-likeness (QED) is 0.357. The van der Waals surface area contributed by atoms with Crippen molar-refractivity contribution in [3.05, 3.63) is 23.7 Å². The standard InChI is InChI=1S/2C5H8O2.2C4H10.Sn/c2*1-4(6)3-5(2)7;2*1-3-4-2;/h2*3,6H,1-2H3;2*3-4H2,1-2H3;. The Labute approximate surface area is 160 Å². The second-order valence-electron chi connectivity index (χ2n) is 4.79. The molecule has 0 saturated heterocycles. The summed E-state index contributed by atoms with van der Waals surface area (Å²) in [5, 5.41) is 16.7. The summed E-state index contributed by atoms with van der Waals surface area (Å²) in [4.78, 5) is 20.0. The van der Waals surface area contributed by atoms with Crippen LogP contribution in [0.4, 0.5) is 0 Å². The molecule has 0 atom stereocenters. The van der Waals surface area contributed by atoms with Gasteiger partial charge in [0.1, 0.15) is 0 Å². The van der Waals surface area contributed by atoms with Gasteiger partial charge in [-0.2, -0.15) is 0 Å². The third-order valence-electron chi connectivity index (χ3n) is 1.82. The Morgan fingerprint density at radius 2 is 0.826 bits per heavy atom. The number of hydrogen-bond donors (Lipinski definition) is 2. The molecule has 0 aromatic heterocycles. The van der Waals surface area contributed by atoms with Crippen LogP contribution in [0.25, 0.3) is 0 Å². The van der Waals surface area contributed by atoms with Crippen molar-refractivity contribution >= 4 is 35.5 Å². The first kappa shape index (κ1) is 33.7. The average molecular weight is 435 g/mol. The van der Waals surface area contributed by atoms with Crippen LogP contribution < -0.4 is 0 Å². The zero-order valence-electron chi connectivity index (χ0n) is 16.2. The zero-order valence-corrected chi connectivity index (χ0v) is 19.0. The fraction of sp³-hybridized carbons (Fsp3) is 0.667. The van der Waals surface area contributed by atoms with Gasteiger partial charge in [-0.05, 0) is 27.7 Å². The van der Waals surface area contributed by atoms with Crippen molar-refractivity contribution in [1.29, 1.82) is 0 Å². The molecule has 23 heavy (non-hydrogen) atoms. The molecule has 5 heteroatoms. The smallest absolute Gasteiger partial charge is 0.155 e. The van der Waals surface area contributed by atoms with Gasteiger partial charge in [-0.25, -0.2) is 0 Å². The van der Waals surface area contributed by atoms with Gasteiger partial charge in [0.15, 0.2) is 11.6 Å². The summed E-state index contributed by atoms with van der Waals surface area (Å²) < 4.78 is 0. The molecule has 0 aromatic carbocycles. The van der Waals surface area contributed by atoms with Gasteiger partial charge in [-0.15, -0.1) is 0 Å². The zero-order chi connectivity index (χ0) is 18.6. The van der Waals surface area contributed by atoms with E-state index in [1.54, 1.807) is 0 Å². The molecule has 4 radical (unpaired) electrons. The largest absolute Gasteiger partial charge is 0.512 e. The number of carbonyl (C=O) groups excluding carboxylic acids is 2. The van der Waals surface area contributed by atoms with Gasteiger partial charge in [-0.3, -0.25) is 9.59 Å². The SMILES string of the molecule is CC(=O)C=C(C)O.CC(=O)C=C(C)O.CCCC.CCCC.[Sn]. The Balaban J connectivity index is -0.0000000639. The maximum absolute atomic E-state index is 10.0. The fourth-order valence-corrected chi connectivity index (χ4v) is 0.588. The van der Waals surface area contributed by atoms with E-state index in [1.165, 1.54) is 65.5 Å². The average Bonchev–Trinajstić information content (AvgIpc) is 2.36. The topological polar surface area (TPSA) is 74.6 Å². The van der Waals surface area contributed by atoms with Gasteiger partial charge < -0.3 is 10.2 Å². The number of unbranched alkanes of at least 4 members (excludes halogenated alkanes) is 2. The summed E-state index contributed by atoms with van der Waals surface area (Å²) in [5.41, 5.74) is 0. The van der Waals surface area contributed by atoms with E-state index >= 15 is 0 Å². The van der Waals surface area contributed by atoms with Crippen molar-refractivity contribution in [1.82, 2.24) is 0 Å². The molecule has 0 aromatic rings. The monoisotopic (exact) mass is 436 g/mol. The van der Waals surface area contributed by atoms with Crippen LogP contribution in [-0.4, -0.2) is 45.7 Å². The third kappa shape index (κ3) is 92.2. The molecule has 0 bridgehead atoms. The minimum Gasteiger partial charge on any atom is -0.512 e. The van der Waals surface area contributed by atoms with Crippen molar-refractivity contribution in [2.45, 2.75) is 81.1 Å². The molecule has 0 amide bonds. The normalized spacial score (nSPS) is 9.57. The van der Waals surface area contributed by atoms with Crippen LogP contribution in [0.15, 0.2) is 23.7 Å². The third-order valence-corrected chi connectivity index (χ3v) is 1.82. The first-order valence-electron chi connectivity index (χ1n) is 7.84. The molecular weight excluding hydrogens is 399 g/mol. The number of aliphatic hydroxyl groups excluding tert-OH is 2. The molecule has 0 spiro atoms. The van der Waals surface area contributed by atoms with Crippen LogP contribution >= 0.6 is 0 Å². The van der Waals surface area contributed by atoms with E-state index in [4.69, 9.17) is 10.2 Å². The Bertz CT molecular complexity index is 277. The Morgan fingerprint density at radius 3 is 0.826 bits per heavy atom. The van der Waals surface area contributed by atoms with Crippen LogP contribution in [0.1, 0.15) is 81.1 Å². The van der Waals surface area contributed by atoms with E-state index in [0.717, 1.165) is 0 Å². The first-order valence-corrected chi connectivity index (χ1v) is 7.84. The Morgan fingerprint density at radius 1 is 0.652 bits per heavy atom. The first-order chi connectivity index (χ1) is 10.1. The van der Waals surface area contributed by atoms with Crippen LogP contribution in [-0.2, 0) is 9.59 Å². The molecule has 0 heterocycles. The van der Waals surface area contributed by atoms with E-state index in [1.807, 2.05) is 0 Å². The van der Waals surface area contributed by atoms with Crippen LogP contribution in [0.3, 0.4) is 0 Å². The van der Waals surface area contributed by atoms with Gasteiger partial charge >= 0.3 is 0 Å². The van der Waals surface area contributed by atoms with Crippen molar-refractivity contribution in [2.75, 3.05) is 0 Å². The van der Waals surface area contributed by atoms with Crippen molar-refractivity contribution in [3.8, 4) is 0 Å². The molecule has 2 N–H and O–H groups in total. The Kier molecular flexibility index (Phi) is 42.9. The summed E-state index contributed by atoms with van der Waals surface area (Å²) in [6, 6.07) is 0. The van der Waals surface area contributed by atoms with Gasteiger partial charge in [0.25, 0.3) is 0 Å². The summed E-state index contributed by atoms with van der Waals surface area (Å²) in [6.07, 6.45) is 7.61. The maximum Gasteiger partial charge on any atom is 0.155 e. The number of allylic oxidation sites excluding steroid dienone is 4. The number of rotatable bonds is 4. The molecule has 0 fully saturated rings. The number of hydrogen-bond acceptors (Lipinski definition) is 4.